The van der Waals surface area contributed by atoms with Crippen molar-refractivity contribution in [3.8, 4) is 0 Å². The average Bonchev–Trinajstić information content (AvgIpc) is 2.39. The van der Waals surface area contributed by atoms with E-state index >= 15 is 0 Å². The SMILES string of the molecule is CCN(C)C(=O)C(C)NS(=O)(=O)c1ccc(N)c(Br)c1. The van der Waals surface area contributed by atoms with Crippen molar-refractivity contribution in [2.24, 2.45) is 0 Å². The number of nitrogen functional groups attached to an aromatic ring is 1. The van der Waals surface area contributed by atoms with Gasteiger partial charge in [-0.05, 0) is 48.0 Å². The summed E-state index contributed by atoms with van der Waals surface area (Å²) in [5.41, 5.74) is 6.06. The van der Waals surface area contributed by atoms with Crippen LogP contribution in [0.3, 0.4) is 0 Å². The van der Waals surface area contributed by atoms with Crippen molar-refractivity contribution in [1.29, 1.82) is 0 Å². The Morgan fingerprint density at radius 3 is 2.60 bits per heavy atom. The molecule has 1 aromatic rings. The number of nitrogens with two attached hydrogens (primary N) is 1. The Kier molecular flexibility index (Phi) is 5.55. The van der Waals surface area contributed by atoms with Crippen LogP contribution >= 0.6 is 15.9 Å². The maximum Gasteiger partial charge on any atom is 0.241 e. The first kappa shape index (κ1) is 16.9. The summed E-state index contributed by atoms with van der Waals surface area (Å²) in [4.78, 5) is 13.4. The van der Waals surface area contributed by atoms with Gasteiger partial charge in [-0.15, -0.1) is 0 Å². The molecule has 0 bridgehead atoms. The van der Waals surface area contributed by atoms with Crippen molar-refractivity contribution in [3.63, 3.8) is 0 Å². The van der Waals surface area contributed by atoms with Gasteiger partial charge in [-0.1, -0.05) is 0 Å². The second-order valence-corrected chi connectivity index (χ2v) is 6.95. The fraction of sp³-hybridized carbons (Fsp3) is 0.417. The molecule has 8 heteroatoms. The van der Waals surface area contributed by atoms with Crippen molar-refractivity contribution >= 4 is 37.5 Å². The summed E-state index contributed by atoms with van der Waals surface area (Å²) in [6.07, 6.45) is 0. The fourth-order valence-electron chi connectivity index (χ4n) is 1.51. The summed E-state index contributed by atoms with van der Waals surface area (Å²) in [6, 6.07) is 3.45. The number of hydrogen-bond donors (Lipinski definition) is 2. The molecule has 3 N–H and O–H groups in total. The van der Waals surface area contributed by atoms with E-state index in [1.54, 1.807) is 7.05 Å². The lowest BCUT2D eigenvalue weighted by Gasteiger charge is -2.20. The second-order valence-electron chi connectivity index (χ2n) is 4.38. The molecule has 0 spiro atoms. The summed E-state index contributed by atoms with van der Waals surface area (Å²) in [6.45, 7) is 3.84. The van der Waals surface area contributed by atoms with Gasteiger partial charge in [-0.2, -0.15) is 4.72 Å². The monoisotopic (exact) mass is 363 g/mol. The molecular weight excluding hydrogens is 346 g/mol. The van der Waals surface area contributed by atoms with Crippen LogP contribution in [-0.4, -0.2) is 38.9 Å². The minimum absolute atomic E-state index is 0.0531. The number of carbonyl (C=O) groups is 1. The number of likely N-dealkylation sites (N-methyl/N-ethyl adjacent to an activating group) is 1. The van der Waals surface area contributed by atoms with Crippen LogP contribution in [0.2, 0.25) is 0 Å². The molecule has 0 aromatic heterocycles. The molecule has 0 aliphatic heterocycles. The number of nitrogens with zero attached hydrogens (tertiary/aromatic N) is 1. The van der Waals surface area contributed by atoms with E-state index in [-0.39, 0.29) is 10.8 Å². The highest BCUT2D eigenvalue weighted by Crippen LogP contribution is 2.23. The Morgan fingerprint density at radius 1 is 1.50 bits per heavy atom. The number of hydrogen-bond acceptors (Lipinski definition) is 4. The minimum Gasteiger partial charge on any atom is -0.398 e. The molecule has 0 fully saturated rings. The van der Waals surface area contributed by atoms with E-state index in [0.717, 1.165) is 0 Å². The Hall–Kier alpha value is -1.12. The number of anilines is 1. The van der Waals surface area contributed by atoms with Crippen LogP contribution in [0, 0.1) is 0 Å². The topological polar surface area (TPSA) is 92.5 Å². The summed E-state index contributed by atoms with van der Waals surface area (Å²) in [5, 5.41) is 0. The number of benzene rings is 1. The first-order valence-electron chi connectivity index (χ1n) is 6.01. The maximum atomic E-state index is 12.2. The van der Waals surface area contributed by atoms with Crippen molar-refractivity contribution in [2.45, 2.75) is 24.8 Å². The van der Waals surface area contributed by atoms with Crippen LogP contribution in [-0.2, 0) is 14.8 Å². The molecule has 0 saturated carbocycles. The van der Waals surface area contributed by atoms with Gasteiger partial charge in [0.25, 0.3) is 0 Å². The number of nitrogens with one attached hydrogen (secondary N) is 1. The van der Waals surface area contributed by atoms with Gasteiger partial charge in [0.15, 0.2) is 0 Å². The molecule has 6 nitrogen and oxygen atoms in total. The van der Waals surface area contributed by atoms with Crippen molar-refractivity contribution in [2.75, 3.05) is 19.3 Å². The lowest BCUT2D eigenvalue weighted by atomic mass is 10.3. The predicted molar refractivity (Wildman–Crippen MR) is 81.6 cm³/mol. The zero-order valence-electron chi connectivity index (χ0n) is 11.6. The van der Waals surface area contributed by atoms with Gasteiger partial charge in [0, 0.05) is 23.8 Å². The summed E-state index contributed by atoms with van der Waals surface area (Å²) in [7, 11) is -2.15. The van der Waals surface area contributed by atoms with E-state index in [9.17, 15) is 13.2 Å². The van der Waals surface area contributed by atoms with Crippen molar-refractivity contribution in [1.82, 2.24) is 9.62 Å². The molecule has 1 unspecified atom stereocenters. The third-order valence-electron chi connectivity index (χ3n) is 2.84. The molecule has 112 valence electrons. The van der Waals surface area contributed by atoms with Crippen molar-refractivity contribution in [3.05, 3.63) is 22.7 Å². The van der Waals surface area contributed by atoms with Gasteiger partial charge in [0.05, 0.1) is 10.9 Å². The lowest BCUT2D eigenvalue weighted by Crippen LogP contribution is -2.45. The molecule has 0 aliphatic carbocycles. The molecule has 20 heavy (non-hydrogen) atoms. The Bertz CT molecular complexity index is 604. The van der Waals surface area contributed by atoms with Crippen LogP contribution in [0.25, 0.3) is 0 Å². The Balaban J connectivity index is 2.95. The van der Waals surface area contributed by atoms with Gasteiger partial charge in [0.2, 0.25) is 15.9 Å². The normalized spacial score (nSPS) is 13.0. The van der Waals surface area contributed by atoms with E-state index in [1.165, 1.54) is 30.0 Å². The molecule has 0 heterocycles. The van der Waals surface area contributed by atoms with Crippen LogP contribution < -0.4 is 10.5 Å². The first-order chi connectivity index (χ1) is 9.19. The maximum absolute atomic E-state index is 12.2. The lowest BCUT2D eigenvalue weighted by molar-refractivity contribution is -0.131. The van der Waals surface area contributed by atoms with Gasteiger partial charge >= 0.3 is 0 Å². The number of rotatable bonds is 5. The molecule has 1 atom stereocenters. The molecule has 1 rings (SSSR count). The van der Waals surface area contributed by atoms with Crippen LogP contribution in [0.4, 0.5) is 5.69 Å². The average molecular weight is 364 g/mol. The first-order valence-corrected chi connectivity index (χ1v) is 8.29. The van der Waals surface area contributed by atoms with Gasteiger partial charge < -0.3 is 10.6 Å². The molecule has 0 aliphatic rings. The molecule has 1 aromatic carbocycles. The van der Waals surface area contributed by atoms with E-state index < -0.39 is 16.1 Å². The number of carbonyl (C=O) groups excluding carboxylic acids is 1. The van der Waals surface area contributed by atoms with E-state index in [2.05, 4.69) is 20.7 Å². The highest BCUT2D eigenvalue weighted by atomic mass is 79.9. The smallest absolute Gasteiger partial charge is 0.241 e. The minimum atomic E-state index is -3.77. The third kappa shape index (κ3) is 3.94. The Labute approximate surface area is 127 Å². The largest absolute Gasteiger partial charge is 0.398 e. The molecule has 0 saturated heterocycles. The Morgan fingerprint density at radius 2 is 2.10 bits per heavy atom. The number of halogens is 1. The summed E-state index contributed by atoms with van der Waals surface area (Å²) in [5.74, 6) is -0.286. The van der Waals surface area contributed by atoms with Gasteiger partial charge in [-0.3, -0.25) is 4.79 Å². The quantitative estimate of drug-likeness (QED) is 0.768. The number of amides is 1. The summed E-state index contributed by atoms with van der Waals surface area (Å²) < 4.78 is 27.2. The molecule has 1 amide bonds. The zero-order chi connectivity index (χ0) is 15.5. The molecule has 0 radical (unpaired) electrons. The predicted octanol–water partition coefficient (Wildman–Crippen LogP) is 1.18. The van der Waals surface area contributed by atoms with Gasteiger partial charge in [0.1, 0.15) is 0 Å². The van der Waals surface area contributed by atoms with E-state index in [4.69, 9.17) is 5.73 Å². The van der Waals surface area contributed by atoms with E-state index in [0.29, 0.717) is 16.7 Å². The third-order valence-corrected chi connectivity index (χ3v) is 5.06. The van der Waals surface area contributed by atoms with Crippen LogP contribution in [0.1, 0.15) is 13.8 Å². The fourth-order valence-corrected chi connectivity index (χ4v) is 3.27. The van der Waals surface area contributed by atoms with Crippen LogP contribution in [0.15, 0.2) is 27.6 Å². The number of sulfonamides is 1. The summed E-state index contributed by atoms with van der Waals surface area (Å²) >= 11 is 3.18. The molecular formula is C12H18BrN3O3S. The second kappa shape index (κ2) is 6.55. The highest BCUT2D eigenvalue weighted by Gasteiger charge is 2.24. The van der Waals surface area contributed by atoms with Crippen LogP contribution in [0.5, 0.6) is 0 Å². The van der Waals surface area contributed by atoms with E-state index in [1.807, 2.05) is 6.92 Å². The van der Waals surface area contributed by atoms with Gasteiger partial charge in [-0.25, -0.2) is 8.42 Å². The highest BCUT2D eigenvalue weighted by molar-refractivity contribution is 9.10. The standard InChI is InChI=1S/C12H18BrN3O3S/c1-4-16(3)12(17)8(2)15-20(18,19)9-5-6-11(14)10(13)7-9/h5-8,15H,4,14H2,1-3H3. The zero-order valence-corrected chi connectivity index (χ0v) is 14.0. The van der Waals surface area contributed by atoms with Crippen molar-refractivity contribution < 1.29 is 13.2 Å².